The van der Waals surface area contributed by atoms with Gasteiger partial charge in [-0.1, -0.05) is 116 Å². The Morgan fingerprint density at radius 2 is 1.68 bits per heavy atom. The summed E-state index contributed by atoms with van der Waals surface area (Å²) < 4.78 is 7.40. The Morgan fingerprint density at radius 1 is 0.986 bits per heavy atom. The summed E-state index contributed by atoms with van der Waals surface area (Å²) in [5.41, 5.74) is 23.2. The molecule has 2 fully saturated rings. The van der Waals surface area contributed by atoms with Crippen molar-refractivity contribution in [2.45, 2.75) is 165 Å². The number of aromatic nitrogens is 2. The normalized spacial score (nSPS) is 16.1. The van der Waals surface area contributed by atoms with Gasteiger partial charge in [0, 0.05) is 73.5 Å². The quantitative estimate of drug-likeness (QED) is 0.0354. The fraction of sp³-hybridized carbons (Fsp3) is 0.547. The van der Waals surface area contributed by atoms with Crippen molar-refractivity contribution in [1.82, 2.24) is 25.3 Å². The van der Waals surface area contributed by atoms with Gasteiger partial charge in [-0.15, -0.1) is 26.3 Å². The molecule has 0 bridgehead atoms. The highest BCUT2D eigenvalue weighted by molar-refractivity contribution is 5.95. The largest absolute Gasteiger partial charge is 0.378 e. The number of benzene rings is 2. The molecule has 2 aromatic carbocycles. The van der Waals surface area contributed by atoms with Gasteiger partial charge in [0.25, 0.3) is 0 Å². The molecule has 0 aliphatic carbocycles. The highest BCUT2D eigenvalue weighted by Crippen LogP contribution is 2.42. The summed E-state index contributed by atoms with van der Waals surface area (Å²) in [5.74, 6) is 1.42. The van der Waals surface area contributed by atoms with Crippen LogP contribution in [0.4, 0.5) is 0 Å². The third kappa shape index (κ3) is 21.8. The van der Waals surface area contributed by atoms with Crippen LogP contribution in [0.15, 0.2) is 111 Å². The number of nitrogens with one attached hydrogen (secondary N) is 3. The predicted molar refractivity (Wildman–Crippen MR) is 320 cm³/mol. The van der Waals surface area contributed by atoms with Crippen LogP contribution in [0.1, 0.15) is 157 Å². The molecule has 406 valence electrons. The van der Waals surface area contributed by atoms with Crippen molar-refractivity contribution < 1.29 is 9.53 Å². The Balaban J connectivity index is 0.000000734. The van der Waals surface area contributed by atoms with Crippen LogP contribution < -0.4 is 16.6 Å². The van der Waals surface area contributed by atoms with E-state index in [0.717, 1.165) is 70.6 Å². The molecule has 9 heteroatoms. The van der Waals surface area contributed by atoms with E-state index >= 15 is 0 Å². The van der Waals surface area contributed by atoms with Gasteiger partial charge in [0.2, 0.25) is 5.91 Å². The summed E-state index contributed by atoms with van der Waals surface area (Å²) in [6.45, 7) is 49.1. The number of hydrogen-bond acceptors (Lipinski definition) is 7. The Bertz CT molecular complexity index is 2190. The SMILES string of the molecule is C/C=C\CCN1CC(CCC(C(N)=O)C(C)C)C1.C=C.C=CCCC(C)(C)Cc1c(-c2cccnc2C(C)C)n(CC)c2ccc(-c3cccc(CC4(C)CCCCNN4)c3)cc12.C=CCOCC.C=N.CC. The molecule has 2 saturated heterocycles. The minimum absolute atomic E-state index is 0.0575. The van der Waals surface area contributed by atoms with E-state index in [4.69, 9.17) is 20.9 Å². The standard InChI is InChI=1S/C39H52N4.C15H28N2O.C5H10O.C2H6.C2H4.CH3N/c1-8-10-20-38(5,6)27-34-33-25-31(30-16-13-15-29(24-30)26-39(7)21-11-12-23-41-42-39)18-19-35(33)43(9-2)37(34)32-17-14-22-40-36(32)28(3)4;1-4-5-6-9-17-10-13(11-17)7-8-14(12(2)3)15(16)18;1-3-5-6-4-2;3*1-2/h8,13-19,22,24-25,28,41-42H,1,9-12,20-21,23,26-27H2,2-7H3;4-5,12-14H,6-11H2,1-3H3,(H2,16,18);3H,1,4-5H2,2H3;1-2H3;1-2H2;2H,1H2/b;5-4-;;;;. The van der Waals surface area contributed by atoms with Crippen LogP contribution in [0.3, 0.4) is 0 Å². The van der Waals surface area contributed by atoms with Gasteiger partial charge in [0.1, 0.15) is 0 Å². The van der Waals surface area contributed by atoms with Gasteiger partial charge < -0.3 is 25.3 Å². The summed E-state index contributed by atoms with van der Waals surface area (Å²) in [5, 5.41) is 6.87. The van der Waals surface area contributed by atoms with Crippen LogP contribution in [-0.2, 0) is 28.9 Å². The number of likely N-dealkylation sites (tertiary alicyclic amines) is 1. The topological polar surface area (TPSA) is 121 Å². The fourth-order valence-electron chi connectivity index (χ4n) is 9.95. The molecule has 6 rings (SSSR count). The number of aryl methyl sites for hydroxylation is 1. The van der Waals surface area contributed by atoms with E-state index in [1.165, 1.54) is 89.0 Å². The molecule has 4 aromatic rings. The first kappa shape index (κ1) is 66.1. The number of allylic oxidation sites excluding steroid dienone is 2. The Kier molecular flexibility index (Phi) is 32.7. The maximum Gasteiger partial charge on any atom is 0.220 e. The summed E-state index contributed by atoms with van der Waals surface area (Å²) in [6.07, 6.45) is 21.1. The fourth-order valence-corrected chi connectivity index (χ4v) is 9.95. The molecule has 0 spiro atoms. The number of rotatable bonds is 22. The summed E-state index contributed by atoms with van der Waals surface area (Å²) >= 11 is 0. The Hall–Kier alpha value is -4.93. The first-order chi connectivity index (χ1) is 35.1. The smallest absolute Gasteiger partial charge is 0.220 e. The molecule has 2 aliphatic rings. The molecule has 0 saturated carbocycles. The molecule has 2 atom stereocenters. The van der Waals surface area contributed by atoms with Crippen LogP contribution in [0.25, 0.3) is 33.3 Å². The molecule has 4 heterocycles. The summed E-state index contributed by atoms with van der Waals surface area (Å²) in [7, 11) is 0. The first-order valence-electron chi connectivity index (χ1n) is 27.6. The van der Waals surface area contributed by atoms with Crippen LogP contribution in [0.2, 0.25) is 0 Å². The lowest BCUT2D eigenvalue weighted by atomic mass is 9.80. The number of carbonyl (C=O) groups is 1. The van der Waals surface area contributed by atoms with Crippen LogP contribution in [-0.4, -0.2) is 72.0 Å². The number of primary amides is 1. The van der Waals surface area contributed by atoms with Crippen molar-refractivity contribution in [2.24, 2.45) is 28.9 Å². The number of carbonyl (C=O) groups excluding carboxylic acids is 1. The van der Waals surface area contributed by atoms with Crippen molar-refractivity contribution >= 4 is 23.5 Å². The van der Waals surface area contributed by atoms with Gasteiger partial charge in [0.05, 0.1) is 18.0 Å². The molecule has 0 radical (unpaired) electrons. The number of pyridine rings is 1. The third-order valence-corrected chi connectivity index (χ3v) is 13.7. The summed E-state index contributed by atoms with van der Waals surface area (Å²) in [4.78, 5) is 18.7. The molecule has 73 heavy (non-hydrogen) atoms. The van der Waals surface area contributed by atoms with E-state index in [1.54, 1.807) is 6.08 Å². The molecule has 2 aliphatic heterocycles. The lowest BCUT2D eigenvalue weighted by Crippen LogP contribution is -2.50. The molecule has 1 amide bonds. The highest BCUT2D eigenvalue weighted by atomic mass is 16.5. The maximum atomic E-state index is 11.3. The number of hydrogen-bond donors (Lipinski definition) is 4. The molecule has 2 aromatic heterocycles. The van der Waals surface area contributed by atoms with Gasteiger partial charge >= 0.3 is 0 Å². The second-order valence-corrected chi connectivity index (χ2v) is 20.8. The van der Waals surface area contributed by atoms with E-state index < -0.39 is 0 Å². The van der Waals surface area contributed by atoms with Crippen LogP contribution >= 0.6 is 0 Å². The van der Waals surface area contributed by atoms with Crippen molar-refractivity contribution in [1.29, 1.82) is 5.41 Å². The lowest BCUT2D eigenvalue weighted by molar-refractivity contribution is -0.123. The predicted octanol–water partition coefficient (Wildman–Crippen LogP) is 15.4. The van der Waals surface area contributed by atoms with Gasteiger partial charge in [-0.05, 0) is 162 Å². The number of hydrazine groups is 1. The van der Waals surface area contributed by atoms with E-state index in [1.807, 2.05) is 27.0 Å². The van der Waals surface area contributed by atoms with Crippen LogP contribution in [0.5, 0.6) is 0 Å². The monoisotopic (exact) mass is 1000 g/mol. The number of amides is 1. The van der Waals surface area contributed by atoms with E-state index in [0.29, 0.717) is 18.4 Å². The summed E-state index contributed by atoms with van der Waals surface area (Å²) in [6, 6.07) is 20.7. The number of nitrogens with two attached hydrogens (primary N) is 1. The number of fused-ring (bicyclic) bond motifs is 1. The Morgan fingerprint density at radius 3 is 2.27 bits per heavy atom. The van der Waals surface area contributed by atoms with E-state index in [2.05, 4.69) is 188 Å². The molecular formula is C64H103N7O2. The van der Waals surface area contributed by atoms with Gasteiger partial charge in [-0.25, -0.2) is 0 Å². The highest BCUT2D eigenvalue weighted by Gasteiger charge is 2.30. The minimum Gasteiger partial charge on any atom is -0.378 e. The van der Waals surface area contributed by atoms with E-state index in [-0.39, 0.29) is 22.8 Å². The lowest BCUT2D eigenvalue weighted by Gasteiger charge is -2.39. The zero-order valence-electron chi connectivity index (χ0n) is 48.2. The van der Waals surface area contributed by atoms with Crippen LogP contribution in [0, 0.1) is 28.6 Å². The zero-order chi connectivity index (χ0) is 55.0. The van der Waals surface area contributed by atoms with Crippen molar-refractivity contribution in [3.8, 4) is 22.4 Å². The minimum atomic E-state index is -0.130. The third-order valence-electron chi connectivity index (χ3n) is 13.7. The molecular weight excluding hydrogens is 899 g/mol. The van der Waals surface area contributed by atoms with Gasteiger partial charge in [-0.2, -0.15) is 0 Å². The molecule has 5 N–H and O–H groups in total. The van der Waals surface area contributed by atoms with Gasteiger partial charge in [0.15, 0.2) is 0 Å². The number of ether oxygens (including phenoxy) is 1. The van der Waals surface area contributed by atoms with Gasteiger partial charge in [-0.3, -0.25) is 20.6 Å². The maximum absolute atomic E-state index is 11.3. The van der Waals surface area contributed by atoms with Crippen molar-refractivity contribution in [3.05, 3.63) is 128 Å². The van der Waals surface area contributed by atoms with Crippen molar-refractivity contribution in [2.75, 3.05) is 39.4 Å². The van der Waals surface area contributed by atoms with Crippen molar-refractivity contribution in [3.63, 3.8) is 0 Å². The zero-order valence-corrected chi connectivity index (χ0v) is 48.2. The molecule has 9 nitrogen and oxygen atoms in total. The van der Waals surface area contributed by atoms with E-state index in [9.17, 15) is 4.79 Å². The average Bonchev–Trinajstić information content (AvgIpc) is 3.50. The molecule has 2 unspecified atom stereocenters. The first-order valence-corrected chi connectivity index (χ1v) is 27.6. The average molecular weight is 1000 g/mol. The number of nitrogens with zero attached hydrogens (tertiary/aromatic N) is 3. The second-order valence-electron chi connectivity index (χ2n) is 20.8. The second kappa shape index (κ2) is 36.1. The Labute approximate surface area is 446 Å².